The van der Waals surface area contributed by atoms with E-state index in [0.29, 0.717) is 10.1 Å². The number of carbonyl (C=O) groups is 1. The highest BCUT2D eigenvalue weighted by Gasteiger charge is 2.07. The number of nitrogens with one attached hydrogen (secondary N) is 1. The Morgan fingerprint density at radius 1 is 1.47 bits per heavy atom. The third-order valence-electron chi connectivity index (χ3n) is 2.04. The van der Waals surface area contributed by atoms with E-state index in [9.17, 15) is 4.79 Å². The van der Waals surface area contributed by atoms with Crippen molar-refractivity contribution < 1.29 is 9.90 Å². The first-order chi connectivity index (χ1) is 8.13. The molecule has 0 aliphatic heterocycles. The first kappa shape index (κ1) is 11.5. The number of nitrogens with zero attached hydrogens (tertiary/aromatic N) is 2. The maximum absolute atomic E-state index is 10.5. The topological polar surface area (TPSA) is 75.1 Å². The zero-order valence-electron chi connectivity index (χ0n) is 9.17. The number of benzene rings is 1. The number of carboxylic acids is 1. The van der Waals surface area contributed by atoms with Crippen LogP contribution in [0.5, 0.6) is 0 Å². The third-order valence-corrected chi connectivity index (χ3v) is 2.88. The Morgan fingerprint density at radius 2 is 2.29 bits per heavy atom. The molecule has 88 valence electrons. The summed E-state index contributed by atoms with van der Waals surface area (Å²) < 4.78 is 0. The fourth-order valence-corrected chi connectivity index (χ4v) is 2.10. The lowest BCUT2D eigenvalue weighted by atomic mass is 10.2. The Labute approximate surface area is 102 Å². The maximum Gasteiger partial charge on any atom is 0.310 e. The van der Waals surface area contributed by atoms with E-state index in [1.165, 1.54) is 11.3 Å². The number of hydrogen-bond acceptors (Lipinski definition) is 5. The summed E-state index contributed by atoms with van der Waals surface area (Å²) in [4.78, 5) is 10.5. The molecule has 0 amide bonds. The summed E-state index contributed by atoms with van der Waals surface area (Å²) in [7, 11) is 0. The van der Waals surface area contributed by atoms with Crippen molar-refractivity contribution in [2.24, 2.45) is 0 Å². The van der Waals surface area contributed by atoms with Crippen LogP contribution in [-0.2, 0) is 11.2 Å². The molecule has 0 spiro atoms. The molecule has 0 aliphatic carbocycles. The fourth-order valence-electron chi connectivity index (χ4n) is 1.35. The molecule has 0 aliphatic rings. The fraction of sp³-hybridized carbons (Fsp3) is 0.182. The van der Waals surface area contributed by atoms with Gasteiger partial charge >= 0.3 is 5.97 Å². The van der Waals surface area contributed by atoms with Crippen LogP contribution in [0.4, 0.5) is 10.8 Å². The number of carboxylic acid groups (broad SMARTS) is 1. The van der Waals surface area contributed by atoms with Gasteiger partial charge in [-0.15, -0.1) is 10.2 Å². The van der Waals surface area contributed by atoms with Crippen LogP contribution in [0, 0.1) is 6.92 Å². The van der Waals surface area contributed by atoms with Crippen molar-refractivity contribution in [2.75, 3.05) is 5.32 Å². The predicted octanol–water partition coefficient (Wildman–Crippen LogP) is 2.22. The standard InChI is InChI=1S/C11H11N3O2S/c1-7-3-2-4-8(5-7)12-11-14-13-9(17-11)6-10(15)16/h2-5H,6H2,1H3,(H,12,14)(H,15,16). The van der Waals surface area contributed by atoms with Gasteiger partial charge in [-0.1, -0.05) is 23.5 Å². The molecular weight excluding hydrogens is 238 g/mol. The molecule has 17 heavy (non-hydrogen) atoms. The van der Waals surface area contributed by atoms with Crippen LogP contribution in [0.1, 0.15) is 10.6 Å². The van der Waals surface area contributed by atoms with Crippen LogP contribution in [-0.4, -0.2) is 21.3 Å². The lowest BCUT2D eigenvalue weighted by Crippen LogP contribution is -1.98. The van der Waals surface area contributed by atoms with Gasteiger partial charge in [-0.3, -0.25) is 4.79 Å². The number of rotatable bonds is 4. The average molecular weight is 249 g/mol. The second kappa shape index (κ2) is 4.92. The average Bonchev–Trinajstić information content (AvgIpc) is 2.64. The van der Waals surface area contributed by atoms with E-state index in [1.54, 1.807) is 0 Å². The van der Waals surface area contributed by atoms with Crippen molar-refractivity contribution in [3.8, 4) is 0 Å². The SMILES string of the molecule is Cc1cccc(Nc2nnc(CC(=O)O)s2)c1. The summed E-state index contributed by atoms with van der Waals surface area (Å²) in [6.45, 7) is 2.00. The number of aromatic nitrogens is 2. The first-order valence-electron chi connectivity index (χ1n) is 5.01. The van der Waals surface area contributed by atoms with E-state index in [0.717, 1.165) is 11.3 Å². The molecule has 2 N–H and O–H groups in total. The molecule has 2 aromatic rings. The molecule has 0 saturated carbocycles. The Morgan fingerprint density at radius 3 is 3.00 bits per heavy atom. The summed E-state index contributed by atoms with van der Waals surface area (Å²) >= 11 is 1.25. The summed E-state index contributed by atoms with van der Waals surface area (Å²) in [5, 5.41) is 20.5. The summed E-state index contributed by atoms with van der Waals surface area (Å²) in [5.41, 5.74) is 2.06. The van der Waals surface area contributed by atoms with E-state index in [1.807, 2.05) is 31.2 Å². The van der Waals surface area contributed by atoms with E-state index in [-0.39, 0.29) is 6.42 Å². The third kappa shape index (κ3) is 3.25. The molecule has 5 nitrogen and oxygen atoms in total. The van der Waals surface area contributed by atoms with E-state index < -0.39 is 5.97 Å². The lowest BCUT2D eigenvalue weighted by molar-refractivity contribution is -0.136. The molecule has 0 fully saturated rings. The van der Waals surface area contributed by atoms with Gasteiger partial charge in [0.2, 0.25) is 5.13 Å². The van der Waals surface area contributed by atoms with Gasteiger partial charge in [0, 0.05) is 5.69 Å². The van der Waals surface area contributed by atoms with Gasteiger partial charge in [-0.2, -0.15) is 0 Å². The van der Waals surface area contributed by atoms with Crippen molar-refractivity contribution in [1.29, 1.82) is 0 Å². The molecule has 0 atom stereocenters. The summed E-state index contributed by atoms with van der Waals surface area (Å²) in [6, 6.07) is 7.85. The minimum absolute atomic E-state index is 0.0901. The molecule has 1 aromatic heterocycles. The van der Waals surface area contributed by atoms with Crippen molar-refractivity contribution in [1.82, 2.24) is 10.2 Å². The number of hydrogen-bond donors (Lipinski definition) is 2. The van der Waals surface area contributed by atoms with Gasteiger partial charge in [-0.25, -0.2) is 0 Å². The highest BCUT2D eigenvalue weighted by atomic mass is 32.1. The van der Waals surface area contributed by atoms with Gasteiger partial charge in [0.15, 0.2) is 0 Å². The van der Waals surface area contributed by atoms with Gasteiger partial charge in [0.25, 0.3) is 0 Å². The lowest BCUT2D eigenvalue weighted by Gasteiger charge is -2.01. The highest BCUT2D eigenvalue weighted by molar-refractivity contribution is 7.15. The van der Waals surface area contributed by atoms with Crippen LogP contribution in [0.2, 0.25) is 0 Å². The quantitative estimate of drug-likeness (QED) is 0.869. The van der Waals surface area contributed by atoms with Gasteiger partial charge in [0.1, 0.15) is 5.01 Å². The van der Waals surface area contributed by atoms with Crippen LogP contribution in [0.15, 0.2) is 24.3 Å². The molecular formula is C11H11N3O2S. The maximum atomic E-state index is 10.5. The van der Waals surface area contributed by atoms with Gasteiger partial charge < -0.3 is 10.4 Å². The normalized spacial score (nSPS) is 10.2. The molecule has 0 radical (unpaired) electrons. The molecule has 0 saturated heterocycles. The Hall–Kier alpha value is -1.95. The van der Waals surface area contributed by atoms with Gasteiger partial charge in [0.05, 0.1) is 6.42 Å². The van der Waals surface area contributed by atoms with Gasteiger partial charge in [-0.05, 0) is 24.6 Å². The minimum Gasteiger partial charge on any atom is -0.481 e. The zero-order chi connectivity index (χ0) is 12.3. The first-order valence-corrected chi connectivity index (χ1v) is 5.83. The van der Waals surface area contributed by atoms with Crippen LogP contribution >= 0.6 is 11.3 Å². The van der Waals surface area contributed by atoms with Crippen LogP contribution < -0.4 is 5.32 Å². The summed E-state index contributed by atoms with van der Waals surface area (Å²) in [6.07, 6.45) is -0.0901. The molecule has 0 bridgehead atoms. The van der Waals surface area contributed by atoms with E-state index in [4.69, 9.17) is 5.11 Å². The van der Waals surface area contributed by atoms with E-state index in [2.05, 4.69) is 15.5 Å². The zero-order valence-corrected chi connectivity index (χ0v) is 9.99. The van der Waals surface area contributed by atoms with Crippen LogP contribution in [0.3, 0.4) is 0 Å². The minimum atomic E-state index is -0.900. The Bertz CT molecular complexity index is 539. The number of aryl methyl sites for hydroxylation is 1. The molecule has 1 heterocycles. The Kier molecular flexibility index (Phi) is 3.34. The van der Waals surface area contributed by atoms with Crippen molar-refractivity contribution >= 4 is 28.1 Å². The smallest absolute Gasteiger partial charge is 0.310 e. The molecule has 0 unspecified atom stereocenters. The molecule has 1 aromatic carbocycles. The Balaban J connectivity index is 2.08. The summed E-state index contributed by atoms with van der Waals surface area (Å²) in [5.74, 6) is -0.900. The number of aliphatic carboxylic acids is 1. The largest absolute Gasteiger partial charge is 0.481 e. The van der Waals surface area contributed by atoms with Crippen molar-refractivity contribution in [2.45, 2.75) is 13.3 Å². The molecule has 6 heteroatoms. The molecule has 2 rings (SSSR count). The number of anilines is 2. The second-order valence-electron chi connectivity index (χ2n) is 3.57. The van der Waals surface area contributed by atoms with Crippen molar-refractivity contribution in [3.63, 3.8) is 0 Å². The van der Waals surface area contributed by atoms with Crippen molar-refractivity contribution in [3.05, 3.63) is 34.8 Å². The highest BCUT2D eigenvalue weighted by Crippen LogP contribution is 2.21. The monoisotopic (exact) mass is 249 g/mol. The van der Waals surface area contributed by atoms with E-state index >= 15 is 0 Å². The van der Waals surface area contributed by atoms with Crippen LogP contribution in [0.25, 0.3) is 0 Å². The predicted molar refractivity (Wildman–Crippen MR) is 65.7 cm³/mol. The second-order valence-corrected chi connectivity index (χ2v) is 4.63.